The Hall–Kier alpha value is -1.54. The first-order chi connectivity index (χ1) is 9.84. The van der Waals surface area contributed by atoms with Crippen LogP contribution in [-0.2, 0) is 6.42 Å². The minimum Gasteiger partial charge on any atom is -0.358 e. The van der Waals surface area contributed by atoms with Crippen molar-refractivity contribution in [3.63, 3.8) is 0 Å². The number of fused-ring (bicyclic) bond motifs is 1. The smallest absolute Gasteiger partial charge is 0.0458 e. The van der Waals surface area contributed by atoms with Gasteiger partial charge in [-0.15, -0.1) is 0 Å². The van der Waals surface area contributed by atoms with Crippen LogP contribution in [0.4, 0.5) is 0 Å². The molecule has 106 valence electrons. The van der Waals surface area contributed by atoms with Gasteiger partial charge in [0.05, 0.1) is 0 Å². The quantitative estimate of drug-likeness (QED) is 0.640. The fraction of sp³-hybridized carbons (Fsp3) is 0.444. The van der Waals surface area contributed by atoms with E-state index in [1.54, 1.807) is 0 Å². The van der Waals surface area contributed by atoms with Crippen molar-refractivity contribution >= 4 is 10.9 Å². The van der Waals surface area contributed by atoms with Gasteiger partial charge in [0.25, 0.3) is 0 Å². The monoisotopic (exact) mass is 268 g/mol. The van der Waals surface area contributed by atoms with Gasteiger partial charge in [-0.25, -0.2) is 0 Å². The SMILES string of the molecule is Cc1[nH]c2ccccc2c1CCCCN1CC=CCC1. The van der Waals surface area contributed by atoms with Crippen molar-refractivity contribution in [1.82, 2.24) is 9.88 Å². The van der Waals surface area contributed by atoms with Crippen LogP contribution >= 0.6 is 0 Å². The molecule has 0 bridgehead atoms. The van der Waals surface area contributed by atoms with Gasteiger partial charge < -0.3 is 4.98 Å². The fourth-order valence-corrected chi connectivity index (χ4v) is 3.19. The molecule has 20 heavy (non-hydrogen) atoms. The minimum atomic E-state index is 1.14. The summed E-state index contributed by atoms with van der Waals surface area (Å²) in [5.74, 6) is 0. The van der Waals surface area contributed by atoms with Crippen LogP contribution in [0, 0.1) is 6.92 Å². The molecule has 1 aromatic carbocycles. The Morgan fingerprint density at radius 3 is 2.90 bits per heavy atom. The number of unbranched alkanes of at least 4 members (excludes halogenated alkanes) is 1. The summed E-state index contributed by atoms with van der Waals surface area (Å²) in [7, 11) is 0. The third-order valence-electron chi connectivity index (χ3n) is 4.32. The standard InChI is InChI=1S/C18H24N2/c1-15-16(17-10-3-4-11-18(17)19-15)9-5-8-14-20-12-6-2-7-13-20/h2-4,6,10-11,19H,5,7-9,12-14H2,1H3. The van der Waals surface area contributed by atoms with Gasteiger partial charge in [-0.3, -0.25) is 4.90 Å². The van der Waals surface area contributed by atoms with Crippen molar-refractivity contribution in [2.24, 2.45) is 0 Å². The lowest BCUT2D eigenvalue weighted by atomic mass is 10.0. The highest BCUT2D eigenvalue weighted by atomic mass is 15.1. The summed E-state index contributed by atoms with van der Waals surface area (Å²) in [6, 6.07) is 8.65. The van der Waals surface area contributed by atoms with Crippen molar-refractivity contribution in [2.45, 2.75) is 32.6 Å². The number of hydrogen-bond donors (Lipinski definition) is 1. The Bertz CT molecular complexity index is 594. The van der Waals surface area contributed by atoms with Crippen LogP contribution in [0.5, 0.6) is 0 Å². The average molecular weight is 268 g/mol. The molecule has 2 nitrogen and oxygen atoms in total. The summed E-state index contributed by atoms with van der Waals surface area (Å²) < 4.78 is 0. The summed E-state index contributed by atoms with van der Waals surface area (Å²) in [5.41, 5.74) is 4.13. The second-order valence-electron chi connectivity index (χ2n) is 5.79. The summed E-state index contributed by atoms with van der Waals surface area (Å²) in [6.07, 6.45) is 9.59. The van der Waals surface area contributed by atoms with E-state index in [0.29, 0.717) is 0 Å². The number of nitrogens with one attached hydrogen (secondary N) is 1. The van der Waals surface area contributed by atoms with Gasteiger partial charge in [0.2, 0.25) is 0 Å². The molecule has 1 aromatic heterocycles. The maximum atomic E-state index is 3.50. The van der Waals surface area contributed by atoms with Crippen LogP contribution in [0.25, 0.3) is 10.9 Å². The summed E-state index contributed by atoms with van der Waals surface area (Å²) in [4.78, 5) is 6.06. The van der Waals surface area contributed by atoms with Crippen molar-refractivity contribution in [3.8, 4) is 0 Å². The molecule has 0 saturated carbocycles. The highest BCUT2D eigenvalue weighted by molar-refractivity contribution is 5.84. The van der Waals surface area contributed by atoms with E-state index < -0.39 is 0 Å². The Morgan fingerprint density at radius 2 is 2.05 bits per heavy atom. The van der Waals surface area contributed by atoms with Crippen LogP contribution in [0.1, 0.15) is 30.5 Å². The predicted octanol–water partition coefficient (Wildman–Crippen LogP) is 4.06. The number of aromatic nitrogens is 1. The van der Waals surface area contributed by atoms with E-state index in [-0.39, 0.29) is 0 Å². The molecule has 0 radical (unpaired) electrons. The summed E-state index contributed by atoms with van der Waals surface area (Å²) in [6.45, 7) is 5.82. The first-order valence-corrected chi connectivity index (χ1v) is 7.78. The first kappa shape index (κ1) is 13.4. The second-order valence-corrected chi connectivity index (χ2v) is 5.79. The van der Waals surface area contributed by atoms with Gasteiger partial charge in [-0.2, -0.15) is 0 Å². The molecule has 1 aliphatic heterocycles. The summed E-state index contributed by atoms with van der Waals surface area (Å²) in [5, 5.41) is 1.41. The van der Waals surface area contributed by atoms with Crippen LogP contribution in [0.2, 0.25) is 0 Å². The van der Waals surface area contributed by atoms with Gasteiger partial charge in [-0.1, -0.05) is 30.4 Å². The van der Waals surface area contributed by atoms with Gasteiger partial charge in [0.15, 0.2) is 0 Å². The zero-order chi connectivity index (χ0) is 13.8. The van der Waals surface area contributed by atoms with Gasteiger partial charge in [0, 0.05) is 29.7 Å². The number of aryl methyl sites for hydroxylation is 2. The molecule has 3 rings (SSSR count). The van der Waals surface area contributed by atoms with E-state index in [1.807, 2.05) is 0 Å². The Balaban J connectivity index is 1.54. The summed E-state index contributed by atoms with van der Waals surface area (Å²) >= 11 is 0. The Kier molecular flexibility index (Phi) is 4.22. The molecule has 0 saturated heterocycles. The van der Waals surface area contributed by atoms with Crippen LogP contribution in [0.3, 0.4) is 0 Å². The number of hydrogen-bond acceptors (Lipinski definition) is 1. The van der Waals surface area contributed by atoms with Gasteiger partial charge in [0.1, 0.15) is 0 Å². The molecule has 0 spiro atoms. The lowest BCUT2D eigenvalue weighted by Gasteiger charge is -2.22. The number of rotatable bonds is 5. The zero-order valence-electron chi connectivity index (χ0n) is 12.4. The lowest BCUT2D eigenvalue weighted by Crippen LogP contribution is -2.28. The van der Waals surface area contributed by atoms with Crippen molar-refractivity contribution in [1.29, 1.82) is 0 Å². The van der Waals surface area contributed by atoms with Crippen molar-refractivity contribution < 1.29 is 0 Å². The van der Waals surface area contributed by atoms with Crippen LogP contribution in [-0.4, -0.2) is 29.5 Å². The number of para-hydroxylation sites is 1. The molecule has 2 heterocycles. The van der Waals surface area contributed by atoms with Gasteiger partial charge in [-0.05, 0) is 50.8 Å². The molecular formula is C18H24N2. The molecule has 0 fully saturated rings. The molecule has 2 heteroatoms. The average Bonchev–Trinajstić information content (AvgIpc) is 2.80. The molecular weight excluding hydrogens is 244 g/mol. The maximum Gasteiger partial charge on any atom is 0.0458 e. The zero-order valence-corrected chi connectivity index (χ0v) is 12.4. The molecule has 1 aliphatic rings. The Labute approximate surface area is 121 Å². The minimum absolute atomic E-state index is 1.14. The molecule has 0 aliphatic carbocycles. The number of H-pyrrole nitrogens is 1. The molecule has 0 unspecified atom stereocenters. The van der Waals surface area contributed by atoms with Crippen molar-refractivity contribution in [2.75, 3.05) is 19.6 Å². The van der Waals surface area contributed by atoms with E-state index >= 15 is 0 Å². The number of nitrogens with zero attached hydrogens (tertiary/aromatic N) is 1. The topological polar surface area (TPSA) is 19.0 Å². The van der Waals surface area contributed by atoms with Gasteiger partial charge >= 0.3 is 0 Å². The second kappa shape index (κ2) is 6.27. The molecule has 0 amide bonds. The first-order valence-electron chi connectivity index (χ1n) is 7.78. The van der Waals surface area contributed by atoms with E-state index in [4.69, 9.17) is 0 Å². The third kappa shape index (κ3) is 2.96. The third-order valence-corrected chi connectivity index (χ3v) is 4.32. The normalized spacial score (nSPS) is 16.1. The highest BCUT2D eigenvalue weighted by Crippen LogP contribution is 2.23. The number of benzene rings is 1. The van der Waals surface area contributed by atoms with E-state index in [2.05, 4.69) is 53.2 Å². The van der Waals surface area contributed by atoms with Crippen molar-refractivity contribution in [3.05, 3.63) is 47.7 Å². The highest BCUT2D eigenvalue weighted by Gasteiger charge is 2.08. The Morgan fingerprint density at radius 1 is 1.15 bits per heavy atom. The van der Waals surface area contributed by atoms with E-state index in [0.717, 1.165) is 6.54 Å². The largest absolute Gasteiger partial charge is 0.358 e. The van der Waals surface area contributed by atoms with E-state index in [1.165, 1.54) is 60.9 Å². The molecule has 0 atom stereocenters. The predicted molar refractivity (Wildman–Crippen MR) is 86.2 cm³/mol. The molecule has 1 N–H and O–H groups in total. The lowest BCUT2D eigenvalue weighted by molar-refractivity contribution is 0.292. The van der Waals surface area contributed by atoms with Crippen LogP contribution < -0.4 is 0 Å². The fourth-order valence-electron chi connectivity index (χ4n) is 3.19. The maximum absolute atomic E-state index is 3.50. The molecule has 2 aromatic rings. The van der Waals surface area contributed by atoms with Crippen LogP contribution in [0.15, 0.2) is 36.4 Å². The number of aromatic amines is 1. The van der Waals surface area contributed by atoms with E-state index in [9.17, 15) is 0 Å².